The molecule has 0 unspecified atom stereocenters. The van der Waals surface area contributed by atoms with Crippen LogP contribution in [-0.4, -0.2) is 24.2 Å². The minimum Gasteiger partial charge on any atom is -0.477 e. The fraction of sp³-hybridized carbons (Fsp3) is 0.333. The highest BCUT2D eigenvalue weighted by Crippen LogP contribution is 2.00. The first-order valence-corrected chi connectivity index (χ1v) is 3.11. The summed E-state index contributed by atoms with van der Waals surface area (Å²) in [6.45, 7) is 1.32. The van der Waals surface area contributed by atoms with Gasteiger partial charge in [0.1, 0.15) is 11.9 Å². The minimum absolute atomic E-state index is 0.262. The van der Waals surface area contributed by atoms with Crippen LogP contribution in [0.4, 0.5) is 0 Å². The maximum Gasteiger partial charge on any atom is 0.350 e. The van der Waals surface area contributed by atoms with Crippen LogP contribution in [0.3, 0.4) is 0 Å². The van der Waals surface area contributed by atoms with Crippen LogP contribution in [-0.2, 0) is 4.79 Å². The van der Waals surface area contributed by atoms with E-state index in [-0.39, 0.29) is 5.57 Å². The average Bonchev–Trinajstić information content (AvgIpc) is 2.40. The van der Waals surface area contributed by atoms with Gasteiger partial charge in [0.05, 0.1) is 0 Å². The molecule has 0 aromatic carbocycles. The van der Waals surface area contributed by atoms with Crippen molar-refractivity contribution >= 4 is 5.97 Å². The Balaban J connectivity index is 2.90. The lowest BCUT2D eigenvalue weighted by Crippen LogP contribution is -2.17. The number of nitrogens with zero attached hydrogens (tertiary/aromatic N) is 1. The van der Waals surface area contributed by atoms with E-state index in [1.165, 1.54) is 0 Å². The number of rotatable bonds is 1. The van der Waals surface area contributed by atoms with Gasteiger partial charge in [0.25, 0.3) is 0 Å². The molecule has 5 nitrogen and oxygen atoms in total. The summed E-state index contributed by atoms with van der Waals surface area (Å²) in [7, 11) is 0. The predicted molar refractivity (Wildman–Crippen MR) is 36.3 cm³/mol. The highest BCUT2D eigenvalue weighted by molar-refractivity contribution is 5.91. The number of aliphatic carboxylic acids is 1. The van der Waals surface area contributed by atoms with Gasteiger partial charge in [-0.1, -0.05) is 0 Å². The Hall–Kier alpha value is -1.70. The Morgan fingerprint density at radius 2 is 2.09 bits per heavy atom. The maximum atomic E-state index is 10.4. The van der Waals surface area contributed by atoms with E-state index in [0.29, 0.717) is 18.9 Å². The summed E-state index contributed by atoms with van der Waals surface area (Å²) in [6, 6.07) is 1.60. The first kappa shape index (κ1) is 7.41. The van der Waals surface area contributed by atoms with E-state index in [0.717, 1.165) is 0 Å². The van der Waals surface area contributed by atoms with Crippen LogP contribution in [0.25, 0.3) is 0 Å². The molecule has 1 rings (SSSR count). The van der Waals surface area contributed by atoms with Crippen LogP contribution in [0.2, 0.25) is 0 Å². The molecule has 0 aliphatic carbocycles. The molecular formula is C6H7N3O2. The number of carbonyl (C=O) groups is 1. The summed E-state index contributed by atoms with van der Waals surface area (Å²) in [5, 5.41) is 22.4. The average molecular weight is 153 g/mol. The summed E-state index contributed by atoms with van der Waals surface area (Å²) < 4.78 is 0. The second-order valence-electron chi connectivity index (χ2n) is 2.02. The summed E-state index contributed by atoms with van der Waals surface area (Å²) >= 11 is 0. The molecule has 0 atom stereocenters. The topological polar surface area (TPSA) is 85.2 Å². The lowest BCUT2D eigenvalue weighted by atomic mass is 10.3. The monoisotopic (exact) mass is 153 g/mol. The van der Waals surface area contributed by atoms with Gasteiger partial charge in [-0.15, -0.1) is 0 Å². The number of carboxylic acids is 1. The summed E-state index contributed by atoms with van der Waals surface area (Å²) in [5.74, 6) is -0.885. The lowest BCUT2D eigenvalue weighted by Gasteiger charge is -1.98. The molecule has 1 aliphatic rings. The highest BCUT2D eigenvalue weighted by atomic mass is 16.4. The Morgan fingerprint density at radius 1 is 1.55 bits per heavy atom. The Labute approximate surface area is 63.3 Å². The molecule has 11 heavy (non-hydrogen) atoms. The Kier molecular flexibility index (Phi) is 1.97. The molecule has 0 spiro atoms. The molecule has 0 radical (unpaired) electrons. The van der Waals surface area contributed by atoms with Crippen molar-refractivity contribution in [3.63, 3.8) is 0 Å². The quantitative estimate of drug-likeness (QED) is 0.332. The second kappa shape index (κ2) is 2.92. The summed E-state index contributed by atoms with van der Waals surface area (Å²) in [6.07, 6.45) is 0. The SMILES string of the molecule is N#CC(C(=O)O)=C1NCCN1. The first-order chi connectivity index (χ1) is 5.25. The van der Waals surface area contributed by atoms with Crippen molar-refractivity contribution in [3.8, 4) is 6.07 Å². The third-order valence-corrected chi connectivity index (χ3v) is 1.30. The van der Waals surface area contributed by atoms with Gasteiger partial charge in [0.15, 0.2) is 5.57 Å². The molecule has 3 N–H and O–H groups in total. The molecule has 1 saturated heterocycles. The van der Waals surface area contributed by atoms with Crippen LogP contribution in [0, 0.1) is 11.3 Å². The fourth-order valence-electron chi connectivity index (χ4n) is 0.825. The van der Waals surface area contributed by atoms with Crippen molar-refractivity contribution in [3.05, 3.63) is 11.4 Å². The van der Waals surface area contributed by atoms with Crippen molar-refractivity contribution in [2.45, 2.75) is 0 Å². The van der Waals surface area contributed by atoms with E-state index < -0.39 is 5.97 Å². The lowest BCUT2D eigenvalue weighted by molar-refractivity contribution is -0.132. The zero-order valence-corrected chi connectivity index (χ0v) is 5.72. The molecular weight excluding hydrogens is 146 g/mol. The Morgan fingerprint density at radius 3 is 2.45 bits per heavy atom. The van der Waals surface area contributed by atoms with E-state index in [4.69, 9.17) is 10.4 Å². The number of hydrogen-bond acceptors (Lipinski definition) is 4. The molecule has 0 aromatic heterocycles. The van der Waals surface area contributed by atoms with Crippen LogP contribution in [0.5, 0.6) is 0 Å². The van der Waals surface area contributed by atoms with Crippen LogP contribution in [0.1, 0.15) is 0 Å². The Bertz CT molecular complexity index is 243. The van der Waals surface area contributed by atoms with Gasteiger partial charge in [-0.3, -0.25) is 0 Å². The summed E-state index contributed by atoms with van der Waals surface area (Å²) in [4.78, 5) is 10.4. The maximum absolute atomic E-state index is 10.4. The zero-order chi connectivity index (χ0) is 8.27. The minimum atomic E-state index is -1.20. The smallest absolute Gasteiger partial charge is 0.350 e. The van der Waals surface area contributed by atoms with Gasteiger partial charge in [0, 0.05) is 13.1 Å². The highest BCUT2D eigenvalue weighted by Gasteiger charge is 2.16. The summed E-state index contributed by atoms with van der Waals surface area (Å²) in [5.41, 5.74) is -0.262. The van der Waals surface area contributed by atoms with E-state index in [1.807, 2.05) is 0 Å². The zero-order valence-electron chi connectivity index (χ0n) is 5.72. The number of hydrogen-bond donors (Lipinski definition) is 3. The molecule has 1 heterocycles. The molecule has 1 fully saturated rings. The van der Waals surface area contributed by atoms with Crippen molar-refractivity contribution in [2.24, 2.45) is 0 Å². The predicted octanol–water partition coefficient (Wildman–Crippen LogP) is -1.00. The van der Waals surface area contributed by atoms with Crippen LogP contribution in [0.15, 0.2) is 11.4 Å². The molecule has 0 amide bonds. The number of nitrogens with one attached hydrogen (secondary N) is 2. The molecule has 0 saturated carbocycles. The normalized spacial score (nSPS) is 14.6. The fourth-order valence-corrected chi connectivity index (χ4v) is 0.825. The molecule has 0 aromatic rings. The van der Waals surface area contributed by atoms with Gasteiger partial charge in [-0.2, -0.15) is 5.26 Å². The first-order valence-electron chi connectivity index (χ1n) is 3.11. The van der Waals surface area contributed by atoms with Crippen molar-refractivity contribution in [2.75, 3.05) is 13.1 Å². The van der Waals surface area contributed by atoms with E-state index in [9.17, 15) is 4.79 Å². The third-order valence-electron chi connectivity index (χ3n) is 1.30. The molecule has 0 bridgehead atoms. The van der Waals surface area contributed by atoms with Crippen LogP contribution >= 0.6 is 0 Å². The van der Waals surface area contributed by atoms with Gasteiger partial charge < -0.3 is 15.7 Å². The van der Waals surface area contributed by atoms with Gasteiger partial charge in [-0.05, 0) is 0 Å². The van der Waals surface area contributed by atoms with Gasteiger partial charge in [-0.25, -0.2) is 4.79 Å². The number of nitriles is 1. The van der Waals surface area contributed by atoms with E-state index in [1.54, 1.807) is 6.07 Å². The van der Waals surface area contributed by atoms with Crippen molar-refractivity contribution < 1.29 is 9.90 Å². The third kappa shape index (κ3) is 1.41. The standard InChI is InChI=1S/C6H7N3O2/c7-3-4(6(10)11)5-8-1-2-9-5/h8-9H,1-2H2,(H,10,11). The number of carboxylic acid groups (broad SMARTS) is 1. The van der Waals surface area contributed by atoms with Gasteiger partial charge in [0.2, 0.25) is 0 Å². The molecule has 58 valence electrons. The molecule has 1 aliphatic heterocycles. The van der Waals surface area contributed by atoms with Crippen LogP contribution < -0.4 is 10.6 Å². The largest absolute Gasteiger partial charge is 0.477 e. The van der Waals surface area contributed by atoms with Crippen molar-refractivity contribution in [1.29, 1.82) is 5.26 Å². The second-order valence-corrected chi connectivity index (χ2v) is 2.02. The van der Waals surface area contributed by atoms with E-state index in [2.05, 4.69) is 10.6 Å². The van der Waals surface area contributed by atoms with E-state index >= 15 is 0 Å². The van der Waals surface area contributed by atoms with Crippen molar-refractivity contribution in [1.82, 2.24) is 10.6 Å². The molecule has 5 heteroatoms. The van der Waals surface area contributed by atoms with Gasteiger partial charge >= 0.3 is 5.97 Å².